The SMILES string of the molecule is CC(C)(C)OC(=O)N1CCC(c2csc(C(=O)O)n2)CC1. The lowest BCUT2D eigenvalue weighted by Gasteiger charge is -2.32. The van der Waals surface area contributed by atoms with Crippen molar-refractivity contribution in [3.63, 3.8) is 0 Å². The number of ether oxygens (including phenoxy) is 1. The summed E-state index contributed by atoms with van der Waals surface area (Å²) in [5.74, 6) is -0.773. The van der Waals surface area contributed by atoms with E-state index in [1.807, 2.05) is 20.8 Å². The molecule has 0 aliphatic carbocycles. The molecule has 0 unspecified atom stereocenters. The van der Waals surface area contributed by atoms with Crippen LogP contribution < -0.4 is 0 Å². The van der Waals surface area contributed by atoms with Crippen LogP contribution in [-0.4, -0.2) is 45.7 Å². The predicted molar refractivity (Wildman–Crippen MR) is 78.9 cm³/mol. The van der Waals surface area contributed by atoms with Crippen LogP contribution in [0.15, 0.2) is 5.38 Å². The molecule has 2 heterocycles. The lowest BCUT2D eigenvalue weighted by molar-refractivity contribution is 0.0204. The standard InChI is InChI=1S/C14H20N2O4S/c1-14(2,3)20-13(19)16-6-4-9(5-7-16)10-8-21-11(15-10)12(17)18/h8-9H,4-7H2,1-3H3,(H,17,18). The van der Waals surface area contributed by atoms with Gasteiger partial charge in [0.25, 0.3) is 0 Å². The van der Waals surface area contributed by atoms with Crippen molar-refractivity contribution in [2.24, 2.45) is 0 Å². The molecular formula is C14H20N2O4S. The highest BCUT2D eigenvalue weighted by atomic mass is 32.1. The van der Waals surface area contributed by atoms with E-state index in [9.17, 15) is 9.59 Å². The van der Waals surface area contributed by atoms with Crippen LogP contribution in [0.4, 0.5) is 4.79 Å². The summed E-state index contributed by atoms with van der Waals surface area (Å²) in [5, 5.41) is 10.8. The Morgan fingerprint density at radius 3 is 2.48 bits per heavy atom. The number of nitrogens with zero attached hydrogens (tertiary/aromatic N) is 2. The number of aromatic nitrogens is 1. The molecule has 7 heteroatoms. The lowest BCUT2D eigenvalue weighted by atomic mass is 9.94. The van der Waals surface area contributed by atoms with E-state index >= 15 is 0 Å². The van der Waals surface area contributed by atoms with E-state index in [-0.39, 0.29) is 17.0 Å². The van der Waals surface area contributed by atoms with Crippen LogP contribution in [0.1, 0.15) is 55.0 Å². The van der Waals surface area contributed by atoms with Crippen LogP contribution in [-0.2, 0) is 4.74 Å². The largest absolute Gasteiger partial charge is 0.476 e. The number of likely N-dealkylation sites (tertiary alicyclic amines) is 1. The molecule has 0 radical (unpaired) electrons. The highest BCUT2D eigenvalue weighted by molar-refractivity contribution is 7.11. The van der Waals surface area contributed by atoms with Gasteiger partial charge in [0.05, 0.1) is 5.69 Å². The van der Waals surface area contributed by atoms with E-state index in [0.717, 1.165) is 29.9 Å². The number of piperidine rings is 1. The summed E-state index contributed by atoms with van der Waals surface area (Å²) >= 11 is 1.15. The molecule has 0 aromatic carbocycles. The number of hydrogen-bond donors (Lipinski definition) is 1. The molecule has 1 aromatic heterocycles. The average molecular weight is 312 g/mol. The van der Waals surface area contributed by atoms with Gasteiger partial charge in [0.15, 0.2) is 0 Å². The van der Waals surface area contributed by atoms with Gasteiger partial charge in [-0.2, -0.15) is 0 Å². The van der Waals surface area contributed by atoms with E-state index in [1.54, 1.807) is 10.3 Å². The Morgan fingerprint density at radius 2 is 2.00 bits per heavy atom. The quantitative estimate of drug-likeness (QED) is 0.908. The van der Waals surface area contributed by atoms with Crippen LogP contribution >= 0.6 is 11.3 Å². The molecule has 6 nitrogen and oxygen atoms in total. The fourth-order valence-corrected chi connectivity index (χ4v) is 2.99. The first kappa shape index (κ1) is 15.8. The van der Waals surface area contributed by atoms with E-state index in [4.69, 9.17) is 9.84 Å². The van der Waals surface area contributed by atoms with Gasteiger partial charge in [-0.05, 0) is 33.6 Å². The Morgan fingerprint density at radius 1 is 1.38 bits per heavy atom. The van der Waals surface area contributed by atoms with Crippen LogP contribution in [0.25, 0.3) is 0 Å². The zero-order chi connectivity index (χ0) is 15.6. The van der Waals surface area contributed by atoms with Crippen molar-refractivity contribution >= 4 is 23.4 Å². The Hall–Kier alpha value is -1.63. The van der Waals surface area contributed by atoms with Crippen LogP contribution in [0, 0.1) is 0 Å². The summed E-state index contributed by atoms with van der Waals surface area (Å²) in [7, 11) is 0. The van der Waals surface area contributed by atoms with Crippen molar-refractivity contribution in [1.29, 1.82) is 0 Å². The van der Waals surface area contributed by atoms with Gasteiger partial charge in [-0.15, -0.1) is 11.3 Å². The third-order valence-corrected chi connectivity index (χ3v) is 4.12. The minimum absolute atomic E-state index is 0.125. The fourth-order valence-electron chi connectivity index (χ4n) is 2.26. The van der Waals surface area contributed by atoms with Gasteiger partial charge in [0.2, 0.25) is 5.01 Å². The highest BCUT2D eigenvalue weighted by Gasteiger charge is 2.28. The normalized spacial score (nSPS) is 16.8. The number of rotatable bonds is 2. The molecule has 1 N–H and O–H groups in total. The van der Waals surface area contributed by atoms with Gasteiger partial charge in [-0.25, -0.2) is 14.6 Å². The van der Waals surface area contributed by atoms with E-state index in [2.05, 4.69) is 4.98 Å². The van der Waals surface area contributed by atoms with E-state index < -0.39 is 11.6 Å². The monoisotopic (exact) mass is 312 g/mol. The Bertz CT molecular complexity index is 527. The predicted octanol–water partition coefficient (Wildman–Crippen LogP) is 2.96. The average Bonchev–Trinajstić information content (AvgIpc) is 2.86. The van der Waals surface area contributed by atoms with Crippen molar-refractivity contribution in [3.8, 4) is 0 Å². The minimum Gasteiger partial charge on any atom is -0.476 e. The van der Waals surface area contributed by atoms with Crippen LogP contribution in [0.5, 0.6) is 0 Å². The second-order valence-corrected chi connectivity index (χ2v) is 6.98. The molecule has 21 heavy (non-hydrogen) atoms. The molecule has 1 amide bonds. The summed E-state index contributed by atoms with van der Waals surface area (Å²) < 4.78 is 5.35. The van der Waals surface area contributed by atoms with E-state index in [0.29, 0.717) is 13.1 Å². The third-order valence-electron chi connectivity index (χ3n) is 3.27. The molecule has 116 valence electrons. The zero-order valence-corrected chi connectivity index (χ0v) is 13.3. The van der Waals surface area contributed by atoms with Gasteiger partial charge in [-0.1, -0.05) is 0 Å². The Labute approximate surface area is 127 Å². The summed E-state index contributed by atoms with van der Waals surface area (Å²) in [6, 6.07) is 0. The second kappa shape index (κ2) is 6.01. The maximum Gasteiger partial charge on any atom is 0.410 e. The number of carbonyl (C=O) groups excluding carboxylic acids is 1. The van der Waals surface area contributed by atoms with Crippen molar-refractivity contribution in [2.45, 2.75) is 45.1 Å². The van der Waals surface area contributed by atoms with Gasteiger partial charge in [0, 0.05) is 24.4 Å². The number of aromatic carboxylic acids is 1. The zero-order valence-electron chi connectivity index (χ0n) is 12.5. The molecule has 1 saturated heterocycles. The topological polar surface area (TPSA) is 79.7 Å². The van der Waals surface area contributed by atoms with Crippen molar-refractivity contribution in [2.75, 3.05) is 13.1 Å². The molecule has 1 aliphatic heterocycles. The first-order valence-electron chi connectivity index (χ1n) is 6.93. The molecule has 2 rings (SSSR count). The van der Waals surface area contributed by atoms with Crippen LogP contribution in [0.3, 0.4) is 0 Å². The molecule has 1 aliphatic rings. The maximum atomic E-state index is 12.0. The van der Waals surface area contributed by atoms with Crippen molar-refractivity contribution < 1.29 is 19.4 Å². The summed E-state index contributed by atoms with van der Waals surface area (Å²) in [6.45, 7) is 6.76. The van der Waals surface area contributed by atoms with Gasteiger partial charge < -0.3 is 14.7 Å². The summed E-state index contributed by atoms with van der Waals surface area (Å²) in [6.07, 6.45) is 1.27. The van der Waals surface area contributed by atoms with Crippen molar-refractivity contribution in [1.82, 2.24) is 9.88 Å². The van der Waals surface area contributed by atoms with Gasteiger partial charge in [0.1, 0.15) is 5.60 Å². The van der Waals surface area contributed by atoms with Crippen LogP contribution in [0.2, 0.25) is 0 Å². The van der Waals surface area contributed by atoms with E-state index in [1.165, 1.54) is 0 Å². The molecule has 0 atom stereocenters. The first-order chi connectivity index (χ1) is 9.76. The molecular weight excluding hydrogens is 292 g/mol. The summed E-state index contributed by atoms with van der Waals surface area (Å²) in [4.78, 5) is 28.7. The smallest absolute Gasteiger partial charge is 0.410 e. The van der Waals surface area contributed by atoms with Gasteiger partial charge >= 0.3 is 12.1 Å². The Balaban J connectivity index is 1.90. The number of thiazole rings is 1. The molecule has 1 fully saturated rings. The number of carboxylic acid groups (broad SMARTS) is 1. The summed E-state index contributed by atoms with van der Waals surface area (Å²) in [5.41, 5.74) is 0.334. The number of carboxylic acids is 1. The minimum atomic E-state index is -0.988. The number of carbonyl (C=O) groups is 2. The maximum absolute atomic E-state index is 12.0. The Kier molecular flexibility index (Phi) is 4.51. The molecule has 1 aromatic rings. The lowest BCUT2D eigenvalue weighted by Crippen LogP contribution is -2.41. The second-order valence-electron chi connectivity index (χ2n) is 6.12. The van der Waals surface area contributed by atoms with Crippen molar-refractivity contribution in [3.05, 3.63) is 16.1 Å². The third kappa shape index (κ3) is 4.17. The fraction of sp³-hybridized carbons (Fsp3) is 0.643. The molecule has 0 spiro atoms. The highest BCUT2D eigenvalue weighted by Crippen LogP contribution is 2.29. The molecule has 0 saturated carbocycles. The first-order valence-corrected chi connectivity index (χ1v) is 7.81. The number of amides is 1. The number of hydrogen-bond acceptors (Lipinski definition) is 5. The molecule has 0 bridgehead atoms. The van der Waals surface area contributed by atoms with Gasteiger partial charge in [-0.3, -0.25) is 0 Å².